The molecule has 2 N–H and O–H groups in total. The molecule has 5 nitrogen and oxygen atoms in total. The quantitative estimate of drug-likeness (QED) is 0.792. The molecule has 1 heterocycles. The maximum Gasteiger partial charge on any atom is 0.414 e. The lowest BCUT2D eigenvalue weighted by molar-refractivity contribution is 0.0584. The first-order valence-electron chi connectivity index (χ1n) is 6.29. The fourth-order valence-corrected chi connectivity index (χ4v) is 2.11. The van der Waals surface area contributed by atoms with Crippen LogP contribution in [0, 0.1) is 0 Å². The minimum Gasteiger partial charge on any atom is -0.495 e. The van der Waals surface area contributed by atoms with Crippen LogP contribution in [-0.2, 0) is 11.2 Å². The summed E-state index contributed by atoms with van der Waals surface area (Å²) in [6.45, 7) is 6.16. The Morgan fingerprint density at radius 2 is 2.05 bits per heavy atom. The van der Waals surface area contributed by atoms with Crippen LogP contribution in [0.25, 0.3) is 0 Å². The molecular formula is C14H20N2O3. The molecule has 1 aliphatic rings. The molecule has 0 fully saturated rings. The molecule has 0 saturated heterocycles. The van der Waals surface area contributed by atoms with E-state index in [1.165, 1.54) is 0 Å². The smallest absolute Gasteiger partial charge is 0.414 e. The highest BCUT2D eigenvalue weighted by molar-refractivity contribution is 5.92. The summed E-state index contributed by atoms with van der Waals surface area (Å²) in [4.78, 5) is 13.7. The maximum absolute atomic E-state index is 12.1. The molecule has 0 atom stereocenters. The SMILES string of the molecule is COc1cc2c(cc1N)N(C(=O)OC(C)(C)C)CC2. The monoisotopic (exact) mass is 264 g/mol. The summed E-state index contributed by atoms with van der Waals surface area (Å²) >= 11 is 0. The summed E-state index contributed by atoms with van der Waals surface area (Å²) < 4.78 is 10.6. The van der Waals surface area contributed by atoms with Gasteiger partial charge in [0, 0.05) is 6.54 Å². The van der Waals surface area contributed by atoms with Crippen molar-refractivity contribution < 1.29 is 14.3 Å². The second-order valence-corrected chi connectivity index (χ2v) is 5.60. The third kappa shape index (κ3) is 2.75. The lowest BCUT2D eigenvalue weighted by Crippen LogP contribution is -2.35. The number of benzene rings is 1. The van der Waals surface area contributed by atoms with E-state index in [2.05, 4.69) is 0 Å². The average Bonchev–Trinajstić information content (AvgIpc) is 2.68. The third-order valence-electron chi connectivity index (χ3n) is 2.94. The van der Waals surface area contributed by atoms with Crippen LogP contribution < -0.4 is 15.4 Å². The van der Waals surface area contributed by atoms with Gasteiger partial charge in [0.15, 0.2) is 0 Å². The van der Waals surface area contributed by atoms with Gasteiger partial charge < -0.3 is 15.2 Å². The number of fused-ring (bicyclic) bond motifs is 1. The van der Waals surface area contributed by atoms with Crippen LogP contribution in [0.15, 0.2) is 12.1 Å². The number of hydrogen-bond donors (Lipinski definition) is 1. The number of methoxy groups -OCH3 is 1. The number of nitrogens with two attached hydrogens (primary N) is 1. The molecule has 1 amide bonds. The minimum absolute atomic E-state index is 0.337. The van der Waals surface area contributed by atoms with Crippen molar-refractivity contribution in [3.63, 3.8) is 0 Å². The highest BCUT2D eigenvalue weighted by Gasteiger charge is 2.29. The predicted molar refractivity (Wildman–Crippen MR) is 74.7 cm³/mol. The normalized spacial score (nSPS) is 14.2. The summed E-state index contributed by atoms with van der Waals surface area (Å²) in [6, 6.07) is 3.65. The Bertz CT molecular complexity index is 506. The van der Waals surface area contributed by atoms with Crippen molar-refractivity contribution in [3.05, 3.63) is 17.7 Å². The topological polar surface area (TPSA) is 64.8 Å². The van der Waals surface area contributed by atoms with E-state index in [1.807, 2.05) is 26.8 Å². The Kier molecular flexibility index (Phi) is 3.30. The van der Waals surface area contributed by atoms with E-state index in [0.29, 0.717) is 18.0 Å². The van der Waals surface area contributed by atoms with Crippen LogP contribution in [0.1, 0.15) is 26.3 Å². The van der Waals surface area contributed by atoms with Crippen LogP contribution in [0.2, 0.25) is 0 Å². The number of nitrogens with zero attached hydrogens (tertiary/aromatic N) is 1. The summed E-state index contributed by atoms with van der Waals surface area (Å²) in [5, 5.41) is 0. The van der Waals surface area contributed by atoms with E-state index in [-0.39, 0.29) is 6.09 Å². The van der Waals surface area contributed by atoms with E-state index in [9.17, 15) is 4.79 Å². The van der Waals surface area contributed by atoms with Crippen LogP contribution in [-0.4, -0.2) is 25.3 Å². The number of anilines is 2. The molecule has 0 unspecified atom stereocenters. The molecule has 0 spiro atoms. The lowest BCUT2D eigenvalue weighted by atomic mass is 10.1. The Morgan fingerprint density at radius 1 is 1.37 bits per heavy atom. The first-order valence-corrected chi connectivity index (χ1v) is 6.29. The Labute approximate surface area is 113 Å². The van der Waals surface area contributed by atoms with E-state index in [4.69, 9.17) is 15.2 Å². The van der Waals surface area contributed by atoms with Crippen LogP contribution in [0.5, 0.6) is 5.75 Å². The zero-order valence-corrected chi connectivity index (χ0v) is 11.8. The Balaban J connectivity index is 2.27. The molecular weight excluding hydrogens is 244 g/mol. The Hall–Kier alpha value is -1.91. The summed E-state index contributed by atoms with van der Waals surface area (Å²) in [7, 11) is 1.58. The molecule has 1 aromatic carbocycles. The average molecular weight is 264 g/mol. The van der Waals surface area contributed by atoms with Gasteiger partial charge in [-0.25, -0.2) is 4.79 Å². The second kappa shape index (κ2) is 4.64. The van der Waals surface area contributed by atoms with Gasteiger partial charge in [0.1, 0.15) is 11.4 Å². The van der Waals surface area contributed by atoms with Gasteiger partial charge in [0.2, 0.25) is 0 Å². The molecule has 104 valence electrons. The molecule has 1 aromatic rings. The minimum atomic E-state index is -0.502. The van der Waals surface area contributed by atoms with E-state index in [0.717, 1.165) is 17.7 Å². The molecule has 5 heteroatoms. The summed E-state index contributed by atoms with van der Waals surface area (Å²) in [6.07, 6.45) is 0.446. The molecule has 1 aliphatic heterocycles. The fraction of sp³-hybridized carbons (Fsp3) is 0.500. The standard InChI is InChI=1S/C14H20N2O3/c1-14(2,3)19-13(17)16-6-5-9-7-12(18-4)10(15)8-11(9)16/h7-8H,5-6,15H2,1-4H3. The molecule has 0 radical (unpaired) electrons. The zero-order valence-electron chi connectivity index (χ0n) is 11.8. The molecule has 0 saturated carbocycles. The van der Waals surface area contributed by atoms with Crippen molar-refractivity contribution >= 4 is 17.5 Å². The van der Waals surface area contributed by atoms with Crippen molar-refractivity contribution in [2.45, 2.75) is 32.8 Å². The van der Waals surface area contributed by atoms with Gasteiger partial charge in [-0.1, -0.05) is 0 Å². The highest BCUT2D eigenvalue weighted by Crippen LogP contribution is 2.36. The van der Waals surface area contributed by atoms with Gasteiger partial charge in [-0.15, -0.1) is 0 Å². The van der Waals surface area contributed by atoms with Gasteiger partial charge in [0.25, 0.3) is 0 Å². The van der Waals surface area contributed by atoms with Gasteiger partial charge in [0.05, 0.1) is 18.5 Å². The van der Waals surface area contributed by atoms with Crippen molar-refractivity contribution in [2.24, 2.45) is 0 Å². The fourth-order valence-electron chi connectivity index (χ4n) is 2.11. The number of rotatable bonds is 1. The van der Waals surface area contributed by atoms with E-state index < -0.39 is 5.60 Å². The maximum atomic E-state index is 12.1. The highest BCUT2D eigenvalue weighted by atomic mass is 16.6. The van der Waals surface area contributed by atoms with E-state index in [1.54, 1.807) is 18.1 Å². The number of carbonyl (C=O) groups is 1. The number of hydrogen-bond acceptors (Lipinski definition) is 4. The van der Waals surface area contributed by atoms with Gasteiger partial charge in [-0.3, -0.25) is 4.90 Å². The predicted octanol–water partition coefficient (Wildman–Crippen LogP) is 2.58. The first-order chi connectivity index (χ1) is 8.81. The lowest BCUT2D eigenvalue weighted by Gasteiger charge is -2.25. The van der Waals surface area contributed by atoms with Crippen molar-refractivity contribution in [3.8, 4) is 5.75 Å². The third-order valence-corrected chi connectivity index (χ3v) is 2.94. The summed E-state index contributed by atoms with van der Waals surface area (Å²) in [5.41, 5.74) is 7.78. The molecule has 0 aliphatic carbocycles. The van der Waals surface area contributed by atoms with Gasteiger partial charge >= 0.3 is 6.09 Å². The summed E-state index contributed by atoms with van der Waals surface area (Å²) in [5.74, 6) is 0.643. The number of amides is 1. The van der Waals surface area contributed by atoms with Crippen molar-refractivity contribution in [1.82, 2.24) is 0 Å². The molecule has 0 bridgehead atoms. The van der Waals surface area contributed by atoms with E-state index >= 15 is 0 Å². The van der Waals surface area contributed by atoms with Gasteiger partial charge in [-0.05, 0) is 44.9 Å². The molecule has 19 heavy (non-hydrogen) atoms. The number of carbonyl (C=O) groups excluding carboxylic acids is 1. The van der Waals surface area contributed by atoms with Crippen LogP contribution in [0.3, 0.4) is 0 Å². The van der Waals surface area contributed by atoms with Crippen molar-refractivity contribution in [2.75, 3.05) is 24.3 Å². The second-order valence-electron chi connectivity index (χ2n) is 5.60. The Morgan fingerprint density at radius 3 is 2.63 bits per heavy atom. The van der Waals surface area contributed by atoms with Crippen molar-refractivity contribution in [1.29, 1.82) is 0 Å². The molecule has 2 rings (SSSR count). The van der Waals surface area contributed by atoms with Crippen LogP contribution >= 0.6 is 0 Å². The molecule has 0 aromatic heterocycles. The number of nitrogen functional groups attached to an aromatic ring is 1. The number of ether oxygens (including phenoxy) is 2. The van der Waals surface area contributed by atoms with Gasteiger partial charge in [-0.2, -0.15) is 0 Å². The zero-order chi connectivity index (χ0) is 14.2. The largest absolute Gasteiger partial charge is 0.495 e. The van der Waals surface area contributed by atoms with Crippen LogP contribution in [0.4, 0.5) is 16.2 Å². The first kappa shape index (κ1) is 13.5.